The predicted molar refractivity (Wildman–Crippen MR) is 59.4 cm³/mol. The molecule has 3 heteroatoms. The lowest BCUT2D eigenvalue weighted by molar-refractivity contribution is 0.400. The number of nitrogens with two attached hydrogens (primary N) is 1. The quantitative estimate of drug-likeness (QED) is 0.793. The van der Waals surface area contributed by atoms with E-state index >= 15 is 0 Å². The highest BCUT2D eigenvalue weighted by atomic mass is 16.5. The molecule has 0 spiro atoms. The standard InChI is InChI=1S/C12H17NO2/c1-8-5-11(15-2)9(6-10(8)14)12(7-13)3-4-12/h5-6,14H,3-4,7,13H2,1-2H3. The molecule has 0 radical (unpaired) electrons. The van der Waals surface area contributed by atoms with E-state index in [1.165, 1.54) is 0 Å². The number of rotatable bonds is 3. The number of aromatic hydroxyl groups is 1. The zero-order valence-electron chi connectivity index (χ0n) is 9.21. The summed E-state index contributed by atoms with van der Waals surface area (Å²) in [6.45, 7) is 2.48. The van der Waals surface area contributed by atoms with Crippen molar-refractivity contribution in [2.75, 3.05) is 13.7 Å². The summed E-state index contributed by atoms with van der Waals surface area (Å²) >= 11 is 0. The van der Waals surface area contributed by atoms with E-state index < -0.39 is 0 Å². The van der Waals surface area contributed by atoms with Gasteiger partial charge in [0.1, 0.15) is 11.5 Å². The normalized spacial score (nSPS) is 17.5. The molecule has 0 amide bonds. The Morgan fingerprint density at radius 2 is 2.13 bits per heavy atom. The van der Waals surface area contributed by atoms with E-state index in [9.17, 15) is 5.11 Å². The number of methoxy groups -OCH3 is 1. The minimum atomic E-state index is 0.0521. The van der Waals surface area contributed by atoms with Crippen LogP contribution in [0, 0.1) is 6.92 Å². The van der Waals surface area contributed by atoms with Crippen molar-refractivity contribution >= 4 is 0 Å². The fraction of sp³-hybridized carbons (Fsp3) is 0.500. The lowest BCUT2D eigenvalue weighted by Gasteiger charge is -2.18. The fourth-order valence-electron chi connectivity index (χ4n) is 1.99. The number of hydrogen-bond donors (Lipinski definition) is 2. The largest absolute Gasteiger partial charge is 0.508 e. The van der Waals surface area contributed by atoms with Crippen molar-refractivity contribution in [3.63, 3.8) is 0 Å². The molecule has 1 aliphatic rings. The van der Waals surface area contributed by atoms with Crippen LogP contribution in [0.1, 0.15) is 24.0 Å². The SMILES string of the molecule is COc1cc(C)c(O)cc1C1(CN)CC1. The maximum Gasteiger partial charge on any atom is 0.123 e. The molecule has 0 heterocycles. The number of aryl methyl sites for hydroxylation is 1. The summed E-state index contributed by atoms with van der Waals surface area (Å²) in [6.07, 6.45) is 2.17. The minimum absolute atomic E-state index is 0.0521. The van der Waals surface area contributed by atoms with E-state index in [2.05, 4.69) is 0 Å². The van der Waals surface area contributed by atoms with E-state index in [0.717, 1.165) is 29.7 Å². The molecule has 3 nitrogen and oxygen atoms in total. The van der Waals surface area contributed by atoms with Gasteiger partial charge in [-0.2, -0.15) is 0 Å². The maximum atomic E-state index is 9.71. The van der Waals surface area contributed by atoms with E-state index in [1.807, 2.05) is 13.0 Å². The van der Waals surface area contributed by atoms with E-state index in [1.54, 1.807) is 13.2 Å². The van der Waals surface area contributed by atoms with Crippen molar-refractivity contribution in [1.29, 1.82) is 0 Å². The Bertz CT molecular complexity index is 383. The summed E-state index contributed by atoms with van der Waals surface area (Å²) in [6, 6.07) is 3.68. The number of phenols is 1. The third-order valence-electron chi connectivity index (χ3n) is 3.33. The molecule has 1 fully saturated rings. The zero-order chi connectivity index (χ0) is 11.1. The van der Waals surface area contributed by atoms with Crippen molar-refractivity contribution in [3.8, 4) is 11.5 Å². The molecule has 0 bridgehead atoms. The first kappa shape index (κ1) is 10.3. The molecule has 0 aromatic heterocycles. The van der Waals surface area contributed by atoms with Crippen molar-refractivity contribution in [2.45, 2.75) is 25.2 Å². The first-order valence-electron chi connectivity index (χ1n) is 5.21. The Balaban J connectivity index is 2.50. The van der Waals surface area contributed by atoms with Gasteiger partial charge >= 0.3 is 0 Å². The second-order valence-electron chi connectivity index (χ2n) is 4.32. The fourth-order valence-corrected chi connectivity index (χ4v) is 1.99. The number of benzene rings is 1. The molecule has 0 aliphatic heterocycles. The lowest BCUT2D eigenvalue weighted by atomic mass is 9.93. The molecule has 82 valence electrons. The van der Waals surface area contributed by atoms with Gasteiger partial charge in [0, 0.05) is 17.5 Å². The molecule has 1 aromatic carbocycles. The van der Waals surface area contributed by atoms with Crippen LogP contribution in [0.25, 0.3) is 0 Å². The first-order chi connectivity index (χ1) is 7.13. The molecule has 0 unspecified atom stereocenters. The molecule has 1 aliphatic carbocycles. The van der Waals surface area contributed by atoms with Gasteiger partial charge in [0.25, 0.3) is 0 Å². The summed E-state index contributed by atoms with van der Waals surface area (Å²) in [7, 11) is 1.65. The molecule has 1 aromatic rings. The predicted octanol–water partition coefficient (Wildman–Crippen LogP) is 1.70. The Morgan fingerprint density at radius 3 is 2.60 bits per heavy atom. The molecular formula is C12H17NO2. The molecule has 1 saturated carbocycles. The summed E-state index contributed by atoms with van der Waals surface area (Å²) in [5, 5.41) is 9.71. The Morgan fingerprint density at radius 1 is 1.47 bits per heavy atom. The molecule has 0 atom stereocenters. The Hall–Kier alpha value is -1.22. The van der Waals surface area contributed by atoms with E-state index in [4.69, 9.17) is 10.5 Å². The third kappa shape index (κ3) is 1.57. The summed E-state index contributed by atoms with van der Waals surface area (Å²) in [5.41, 5.74) is 7.72. The smallest absolute Gasteiger partial charge is 0.123 e. The van der Waals surface area contributed by atoms with Crippen molar-refractivity contribution in [1.82, 2.24) is 0 Å². The molecule has 15 heavy (non-hydrogen) atoms. The third-order valence-corrected chi connectivity index (χ3v) is 3.33. The lowest BCUT2D eigenvalue weighted by Crippen LogP contribution is -2.20. The highest BCUT2D eigenvalue weighted by Gasteiger charge is 2.45. The Kier molecular flexibility index (Phi) is 2.35. The van der Waals surface area contributed by atoms with Gasteiger partial charge in [-0.25, -0.2) is 0 Å². The average Bonchev–Trinajstić information content (AvgIpc) is 3.02. The van der Waals surface area contributed by atoms with Gasteiger partial charge in [-0.05, 0) is 37.5 Å². The van der Waals surface area contributed by atoms with E-state index in [-0.39, 0.29) is 5.41 Å². The van der Waals surface area contributed by atoms with Gasteiger partial charge < -0.3 is 15.6 Å². The zero-order valence-corrected chi connectivity index (χ0v) is 9.21. The number of hydrogen-bond acceptors (Lipinski definition) is 3. The Labute approximate surface area is 89.9 Å². The van der Waals surface area contributed by atoms with Gasteiger partial charge in [-0.3, -0.25) is 0 Å². The van der Waals surface area contributed by atoms with Crippen LogP contribution < -0.4 is 10.5 Å². The average molecular weight is 207 g/mol. The van der Waals surface area contributed by atoms with Crippen molar-refractivity contribution < 1.29 is 9.84 Å². The summed E-state index contributed by atoms with van der Waals surface area (Å²) < 4.78 is 5.34. The monoisotopic (exact) mass is 207 g/mol. The van der Waals surface area contributed by atoms with Crippen molar-refractivity contribution in [2.24, 2.45) is 5.73 Å². The van der Waals surface area contributed by atoms with Gasteiger partial charge in [0.15, 0.2) is 0 Å². The molecule has 0 saturated heterocycles. The van der Waals surface area contributed by atoms with Crippen LogP contribution in [0.15, 0.2) is 12.1 Å². The highest BCUT2D eigenvalue weighted by molar-refractivity contribution is 5.51. The van der Waals surface area contributed by atoms with Gasteiger partial charge in [-0.1, -0.05) is 0 Å². The summed E-state index contributed by atoms with van der Waals surface area (Å²) in [4.78, 5) is 0. The number of phenolic OH excluding ortho intramolecular Hbond substituents is 1. The van der Waals surface area contributed by atoms with Crippen molar-refractivity contribution in [3.05, 3.63) is 23.3 Å². The van der Waals surface area contributed by atoms with Gasteiger partial charge in [0.2, 0.25) is 0 Å². The van der Waals surface area contributed by atoms with Gasteiger partial charge in [-0.15, -0.1) is 0 Å². The molecular weight excluding hydrogens is 190 g/mol. The maximum absolute atomic E-state index is 9.71. The first-order valence-corrected chi connectivity index (χ1v) is 5.21. The van der Waals surface area contributed by atoms with Gasteiger partial charge in [0.05, 0.1) is 7.11 Å². The summed E-state index contributed by atoms with van der Waals surface area (Å²) in [5.74, 6) is 1.17. The van der Waals surface area contributed by atoms with E-state index in [0.29, 0.717) is 12.3 Å². The van der Waals surface area contributed by atoms with Crippen LogP contribution in [0.4, 0.5) is 0 Å². The molecule has 2 rings (SSSR count). The van der Waals surface area contributed by atoms with Crippen LogP contribution in [0.5, 0.6) is 11.5 Å². The van der Waals surface area contributed by atoms with Crippen LogP contribution in [0.2, 0.25) is 0 Å². The van der Waals surface area contributed by atoms with Crippen LogP contribution in [0.3, 0.4) is 0 Å². The highest BCUT2D eigenvalue weighted by Crippen LogP contribution is 2.51. The minimum Gasteiger partial charge on any atom is -0.508 e. The second kappa shape index (κ2) is 3.42. The topological polar surface area (TPSA) is 55.5 Å². The van der Waals surface area contributed by atoms with Crippen LogP contribution in [-0.4, -0.2) is 18.8 Å². The van der Waals surface area contributed by atoms with Crippen LogP contribution >= 0.6 is 0 Å². The number of ether oxygens (including phenoxy) is 1. The van der Waals surface area contributed by atoms with Crippen LogP contribution in [-0.2, 0) is 5.41 Å². The second-order valence-corrected chi connectivity index (χ2v) is 4.32. The molecule has 3 N–H and O–H groups in total.